The van der Waals surface area contributed by atoms with E-state index in [1.54, 1.807) is 0 Å². The highest BCUT2D eigenvalue weighted by Gasteiger charge is 2.25. The van der Waals surface area contributed by atoms with Crippen LogP contribution in [-0.2, 0) is 23.1 Å². The highest BCUT2D eigenvalue weighted by atomic mass is 31.2. The first kappa shape index (κ1) is 51.1. The van der Waals surface area contributed by atoms with E-state index >= 15 is 0 Å². The van der Waals surface area contributed by atoms with Crippen molar-refractivity contribution in [1.82, 2.24) is 0 Å². The van der Waals surface area contributed by atoms with Crippen LogP contribution in [0.2, 0.25) is 0 Å². The third kappa shape index (κ3) is 41.9. The van der Waals surface area contributed by atoms with Crippen LogP contribution >= 0.6 is 7.82 Å². The molecular formula is C44H85NO6P+. The summed E-state index contributed by atoms with van der Waals surface area (Å²) in [6, 6.07) is 0. The first-order valence-corrected chi connectivity index (χ1v) is 23.2. The summed E-state index contributed by atoms with van der Waals surface area (Å²) in [5, 5.41) is 0. The quantitative estimate of drug-likeness (QED) is 0.0293. The lowest BCUT2D eigenvalue weighted by Crippen LogP contribution is -2.37. The third-order valence-corrected chi connectivity index (χ3v) is 10.2. The smallest absolute Gasteiger partial charge is 0.379 e. The second-order valence-corrected chi connectivity index (χ2v) is 17.1. The van der Waals surface area contributed by atoms with Crippen LogP contribution in [0.3, 0.4) is 0 Å². The van der Waals surface area contributed by atoms with Crippen LogP contribution in [0.1, 0.15) is 194 Å². The number of hydrogen-bond donors (Lipinski definition) is 1. The molecular weight excluding hydrogens is 669 g/mol. The summed E-state index contributed by atoms with van der Waals surface area (Å²) in [5.74, 6) is 13.4. The molecule has 8 heteroatoms. The Kier molecular flexibility index (Phi) is 37.7. The summed E-state index contributed by atoms with van der Waals surface area (Å²) >= 11 is 0. The van der Waals surface area contributed by atoms with Crippen LogP contribution < -0.4 is 0 Å². The fourth-order valence-corrected chi connectivity index (χ4v) is 6.48. The molecule has 1 unspecified atom stereocenters. The number of hydrogen-bond acceptors (Lipinski definition) is 5. The van der Waals surface area contributed by atoms with E-state index in [0.29, 0.717) is 30.8 Å². The largest absolute Gasteiger partial charge is 0.472 e. The maximum atomic E-state index is 12.5. The highest BCUT2D eigenvalue weighted by Crippen LogP contribution is 2.43. The predicted octanol–water partition coefficient (Wildman–Crippen LogP) is 12.2. The fraction of sp³-hybridized carbons (Fsp3) is 0.909. The van der Waals surface area contributed by atoms with Gasteiger partial charge in [0.15, 0.2) is 0 Å². The second-order valence-electron chi connectivity index (χ2n) is 15.7. The first-order chi connectivity index (χ1) is 25.2. The van der Waals surface area contributed by atoms with E-state index in [1.165, 1.54) is 128 Å². The SMILES string of the molecule is CCCCCCCCC#CCCCCCCCCOC[C@@H](COP(=O)(O)OCC[N+](C)(C)C)OCCCCCCCCC#CCCCCCCCC. The number of unbranched alkanes of at least 4 members (excludes halogenated alkanes) is 24. The van der Waals surface area contributed by atoms with Gasteiger partial charge in [0.2, 0.25) is 0 Å². The predicted molar refractivity (Wildman–Crippen MR) is 221 cm³/mol. The topological polar surface area (TPSA) is 74.2 Å². The fourth-order valence-electron chi connectivity index (χ4n) is 5.74. The average Bonchev–Trinajstić information content (AvgIpc) is 3.10. The molecule has 0 amide bonds. The lowest BCUT2D eigenvalue weighted by molar-refractivity contribution is -0.870. The molecule has 0 spiro atoms. The molecule has 0 aromatic carbocycles. The van der Waals surface area contributed by atoms with Gasteiger partial charge in [-0.05, 0) is 38.5 Å². The molecule has 0 aromatic heterocycles. The standard InChI is InChI=1S/C44H84NO6P/c1-6-8-10-12-14-16-18-20-22-24-26-28-30-32-34-36-39-48-42-44(43-51-52(46,47)50-41-38-45(3,4)5)49-40-37-35-33-31-29-27-25-23-21-19-17-15-13-11-9-7-2/h44H,6-19,24-43H2,1-5H3/p+1/t44-/m0/s1. The number of nitrogens with zero attached hydrogens (tertiary/aromatic N) is 1. The Labute approximate surface area is 323 Å². The molecule has 0 fully saturated rings. The Bertz CT molecular complexity index is 931. The normalized spacial score (nSPS) is 13.3. The molecule has 0 bridgehead atoms. The maximum absolute atomic E-state index is 12.5. The highest BCUT2D eigenvalue weighted by molar-refractivity contribution is 7.47. The number of phosphoric acid groups is 1. The second kappa shape index (κ2) is 38.4. The van der Waals surface area contributed by atoms with Crippen molar-refractivity contribution in [2.24, 2.45) is 0 Å². The minimum absolute atomic E-state index is 0.0279. The number of ether oxygens (including phenoxy) is 2. The summed E-state index contributed by atoms with van der Waals surface area (Å²) < 4.78 is 35.7. The molecule has 1 N–H and O–H groups in total. The van der Waals surface area contributed by atoms with E-state index in [1.807, 2.05) is 21.1 Å². The summed E-state index contributed by atoms with van der Waals surface area (Å²) in [5.41, 5.74) is 0. The molecule has 2 atom stereocenters. The van der Waals surface area contributed by atoms with Gasteiger partial charge in [0.25, 0.3) is 0 Å². The van der Waals surface area contributed by atoms with Gasteiger partial charge in [-0.3, -0.25) is 9.05 Å². The van der Waals surface area contributed by atoms with Crippen molar-refractivity contribution in [1.29, 1.82) is 0 Å². The Hall–Kier alpha value is -0.890. The van der Waals surface area contributed by atoms with E-state index in [9.17, 15) is 9.46 Å². The van der Waals surface area contributed by atoms with Crippen molar-refractivity contribution >= 4 is 7.82 Å². The zero-order chi connectivity index (χ0) is 38.3. The van der Waals surface area contributed by atoms with Crippen LogP contribution in [0, 0.1) is 23.7 Å². The van der Waals surface area contributed by atoms with Crippen molar-refractivity contribution in [3.8, 4) is 23.7 Å². The van der Waals surface area contributed by atoms with E-state index in [0.717, 1.165) is 51.4 Å². The number of rotatable bonds is 38. The molecule has 0 aromatic rings. The van der Waals surface area contributed by atoms with Crippen molar-refractivity contribution in [2.45, 2.75) is 200 Å². The van der Waals surface area contributed by atoms with Crippen LogP contribution in [0.4, 0.5) is 0 Å². The molecule has 0 aliphatic rings. The monoisotopic (exact) mass is 755 g/mol. The minimum Gasteiger partial charge on any atom is -0.379 e. The minimum atomic E-state index is -4.15. The maximum Gasteiger partial charge on any atom is 0.472 e. The summed E-state index contributed by atoms with van der Waals surface area (Å²) in [6.45, 7) is 6.84. The summed E-state index contributed by atoms with van der Waals surface area (Å²) in [6.07, 6.45) is 33.6. The summed E-state index contributed by atoms with van der Waals surface area (Å²) in [7, 11) is 1.88. The van der Waals surface area contributed by atoms with Crippen molar-refractivity contribution in [2.75, 3.05) is 60.7 Å². The number of likely N-dealkylation sites (N-methyl/N-ethyl adjacent to an activating group) is 1. The Morgan fingerprint density at radius 3 is 1.31 bits per heavy atom. The van der Waals surface area contributed by atoms with Gasteiger partial charge in [-0.1, -0.05) is 129 Å². The van der Waals surface area contributed by atoms with E-state index < -0.39 is 13.9 Å². The van der Waals surface area contributed by atoms with Gasteiger partial charge in [-0.25, -0.2) is 4.57 Å². The first-order valence-electron chi connectivity index (χ1n) is 21.7. The van der Waals surface area contributed by atoms with Crippen LogP contribution in [0.25, 0.3) is 0 Å². The van der Waals surface area contributed by atoms with E-state index in [-0.39, 0.29) is 13.2 Å². The Balaban J connectivity index is 4.14. The van der Waals surface area contributed by atoms with Crippen molar-refractivity contribution in [3.63, 3.8) is 0 Å². The zero-order valence-electron chi connectivity index (χ0n) is 35.0. The van der Waals surface area contributed by atoms with Gasteiger partial charge in [-0.2, -0.15) is 0 Å². The Morgan fingerprint density at radius 2 is 0.885 bits per heavy atom. The molecule has 52 heavy (non-hydrogen) atoms. The number of quaternary nitrogens is 1. The molecule has 0 saturated carbocycles. The van der Waals surface area contributed by atoms with Gasteiger partial charge in [0, 0.05) is 38.9 Å². The van der Waals surface area contributed by atoms with Crippen molar-refractivity contribution in [3.05, 3.63) is 0 Å². The lowest BCUT2D eigenvalue weighted by atomic mass is 10.1. The number of phosphoric ester groups is 1. The van der Waals surface area contributed by atoms with Gasteiger partial charge in [0.05, 0.1) is 34.4 Å². The van der Waals surface area contributed by atoms with E-state index in [2.05, 4.69) is 37.5 Å². The van der Waals surface area contributed by atoms with Gasteiger partial charge in [0.1, 0.15) is 19.3 Å². The van der Waals surface area contributed by atoms with Gasteiger partial charge in [-0.15, -0.1) is 23.7 Å². The van der Waals surface area contributed by atoms with Crippen LogP contribution in [0.5, 0.6) is 0 Å². The molecule has 0 aliphatic carbocycles. The molecule has 0 heterocycles. The molecule has 0 rings (SSSR count). The van der Waals surface area contributed by atoms with Gasteiger partial charge >= 0.3 is 7.82 Å². The molecule has 0 aliphatic heterocycles. The molecule has 0 saturated heterocycles. The molecule has 7 nitrogen and oxygen atoms in total. The average molecular weight is 755 g/mol. The van der Waals surface area contributed by atoms with Gasteiger partial charge < -0.3 is 18.9 Å². The van der Waals surface area contributed by atoms with E-state index in [4.69, 9.17) is 18.5 Å². The van der Waals surface area contributed by atoms with Crippen molar-refractivity contribution < 1.29 is 32.5 Å². The third-order valence-electron chi connectivity index (χ3n) is 9.19. The molecule has 0 radical (unpaired) electrons. The Morgan fingerprint density at radius 1 is 0.500 bits per heavy atom. The van der Waals surface area contributed by atoms with Crippen LogP contribution in [-0.4, -0.2) is 76.2 Å². The lowest BCUT2D eigenvalue weighted by Gasteiger charge is -2.24. The van der Waals surface area contributed by atoms with Crippen LogP contribution in [0.15, 0.2) is 0 Å². The summed E-state index contributed by atoms with van der Waals surface area (Å²) in [4.78, 5) is 10.2. The molecule has 306 valence electrons. The zero-order valence-corrected chi connectivity index (χ0v) is 35.9.